The average Bonchev–Trinajstić information content (AvgIpc) is 2.81. The first-order valence-corrected chi connectivity index (χ1v) is 6.77. The zero-order valence-electron chi connectivity index (χ0n) is 10.1. The van der Waals surface area contributed by atoms with Crippen molar-refractivity contribution in [2.75, 3.05) is 12.3 Å². The number of hydrogen-bond donors (Lipinski definition) is 1. The Bertz CT molecular complexity index is 507. The van der Waals surface area contributed by atoms with Crippen LogP contribution in [0.2, 0.25) is 0 Å². The van der Waals surface area contributed by atoms with Gasteiger partial charge in [0.25, 0.3) is 0 Å². The van der Waals surface area contributed by atoms with Crippen LogP contribution in [0, 0.1) is 0 Å². The second-order valence-electron chi connectivity index (χ2n) is 3.71. The summed E-state index contributed by atoms with van der Waals surface area (Å²) in [6.07, 6.45) is 1.85. The molecule has 0 aliphatic heterocycles. The topological polar surface area (TPSA) is 56.7 Å². The predicted octanol–water partition coefficient (Wildman–Crippen LogP) is 2.18. The van der Waals surface area contributed by atoms with Crippen LogP contribution in [0.15, 0.2) is 48.1 Å². The molecule has 0 saturated carbocycles. The van der Waals surface area contributed by atoms with Gasteiger partial charge in [-0.05, 0) is 0 Å². The fourth-order valence-corrected chi connectivity index (χ4v) is 2.36. The molecule has 0 atom stereocenters. The smallest absolute Gasteiger partial charge is 0.191 e. The Kier molecular flexibility index (Phi) is 4.55. The number of aromatic nitrogens is 3. The predicted molar refractivity (Wildman–Crippen MR) is 75.4 cm³/mol. The number of allylic oxidation sites excluding steroid dienone is 1. The van der Waals surface area contributed by atoms with Crippen LogP contribution in [0.3, 0.4) is 0 Å². The third-order valence-corrected chi connectivity index (χ3v) is 3.41. The van der Waals surface area contributed by atoms with Gasteiger partial charge >= 0.3 is 0 Å². The Morgan fingerprint density at radius 1 is 1.28 bits per heavy atom. The SMILES string of the molecule is C=CCn1c(SCCN)nnc1-c1ccccc1. The fourth-order valence-electron chi connectivity index (χ4n) is 1.64. The molecule has 1 aromatic heterocycles. The van der Waals surface area contributed by atoms with Crippen molar-refractivity contribution in [1.82, 2.24) is 14.8 Å². The fraction of sp³-hybridized carbons (Fsp3) is 0.231. The molecule has 18 heavy (non-hydrogen) atoms. The van der Waals surface area contributed by atoms with Gasteiger partial charge < -0.3 is 5.73 Å². The lowest BCUT2D eigenvalue weighted by molar-refractivity contribution is 0.731. The Morgan fingerprint density at radius 2 is 2.06 bits per heavy atom. The quantitative estimate of drug-likeness (QED) is 0.639. The van der Waals surface area contributed by atoms with Gasteiger partial charge in [0.1, 0.15) is 0 Å². The molecular formula is C13H16N4S. The number of hydrogen-bond acceptors (Lipinski definition) is 4. The standard InChI is InChI=1S/C13H16N4S/c1-2-9-17-12(11-6-4-3-5-7-11)15-16-13(17)18-10-8-14/h2-7H,1,8-10,14H2. The zero-order valence-corrected chi connectivity index (χ0v) is 10.9. The third-order valence-electron chi connectivity index (χ3n) is 2.41. The van der Waals surface area contributed by atoms with E-state index in [0.29, 0.717) is 13.1 Å². The first-order chi connectivity index (χ1) is 8.86. The molecule has 0 spiro atoms. The van der Waals surface area contributed by atoms with E-state index in [1.54, 1.807) is 11.8 Å². The van der Waals surface area contributed by atoms with Gasteiger partial charge in [-0.1, -0.05) is 48.2 Å². The second-order valence-corrected chi connectivity index (χ2v) is 4.77. The monoisotopic (exact) mass is 260 g/mol. The van der Waals surface area contributed by atoms with E-state index in [-0.39, 0.29) is 0 Å². The van der Waals surface area contributed by atoms with Crippen LogP contribution in [-0.2, 0) is 6.54 Å². The summed E-state index contributed by atoms with van der Waals surface area (Å²) in [5.41, 5.74) is 6.58. The molecule has 0 unspecified atom stereocenters. The van der Waals surface area contributed by atoms with Crippen molar-refractivity contribution in [3.8, 4) is 11.4 Å². The molecule has 0 radical (unpaired) electrons. The molecule has 0 fully saturated rings. The molecular weight excluding hydrogens is 244 g/mol. The zero-order chi connectivity index (χ0) is 12.8. The Hall–Kier alpha value is -1.59. The average molecular weight is 260 g/mol. The highest BCUT2D eigenvalue weighted by Gasteiger charge is 2.12. The summed E-state index contributed by atoms with van der Waals surface area (Å²) in [7, 11) is 0. The molecule has 5 heteroatoms. The maximum absolute atomic E-state index is 5.52. The lowest BCUT2D eigenvalue weighted by Gasteiger charge is -2.07. The van der Waals surface area contributed by atoms with E-state index >= 15 is 0 Å². The van der Waals surface area contributed by atoms with Gasteiger partial charge in [-0.3, -0.25) is 4.57 Å². The highest BCUT2D eigenvalue weighted by atomic mass is 32.2. The summed E-state index contributed by atoms with van der Waals surface area (Å²) >= 11 is 1.62. The number of benzene rings is 1. The maximum Gasteiger partial charge on any atom is 0.191 e. The molecule has 4 nitrogen and oxygen atoms in total. The number of nitrogens with zero attached hydrogens (tertiary/aromatic N) is 3. The van der Waals surface area contributed by atoms with Gasteiger partial charge in [0.2, 0.25) is 0 Å². The van der Waals surface area contributed by atoms with E-state index in [4.69, 9.17) is 5.73 Å². The summed E-state index contributed by atoms with van der Waals surface area (Å²) < 4.78 is 2.06. The van der Waals surface area contributed by atoms with E-state index in [2.05, 4.69) is 21.3 Å². The van der Waals surface area contributed by atoms with Gasteiger partial charge in [0.15, 0.2) is 11.0 Å². The van der Waals surface area contributed by atoms with Gasteiger partial charge in [0.05, 0.1) is 0 Å². The van der Waals surface area contributed by atoms with Crippen LogP contribution in [-0.4, -0.2) is 27.1 Å². The van der Waals surface area contributed by atoms with Gasteiger partial charge in [-0.15, -0.1) is 16.8 Å². The minimum Gasteiger partial charge on any atom is -0.330 e. The minimum atomic E-state index is 0.631. The third kappa shape index (κ3) is 2.80. The maximum atomic E-state index is 5.52. The molecule has 0 bridgehead atoms. The molecule has 1 aromatic carbocycles. The molecule has 0 amide bonds. The summed E-state index contributed by atoms with van der Waals surface area (Å²) in [6.45, 7) is 5.11. The van der Waals surface area contributed by atoms with Crippen LogP contribution >= 0.6 is 11.8 Å². The van der Waals surface area contributed by atoms with Crippen LogP contribution in [0.4, 0.5) is 0 Å². The van der Waals surface area contributed by atoms with Crippen LogP contribution in [0.5, 0.6) is 0 Å². The molecule has 0 saturated heterocycles. The minimum absolute atomic E-state index is 0.631. The molecule has 2 rings (SSSR count). The van der Waals surface area contributed by atoms with Crippen molar-refractivity contribution < 1.29 is 0 Å². The lowest BCUT2D eigenvalue weighted by atomic mass is 10.2. The number of rotatable bonds is 6. The first-order valence-electron chi connectivity index (χ1n) is 5.79. The Morgan fingerprint density at radius 3 is 2.72 bits per heavy atom. The molecule has 2 aromatic rings. The Labute approximate surface area is 111 Å². The van der Waals surface area contributed by atoms with Gasteiger partial charge in [-0.2, -0.15) is 0 Å². The Balaban J connectivity index is 2.35. The summed E-state index contributed by atoms with van der Waals surface area (Å²) in [5.74, 6) is 1.71. The largest absolute Gasteiger partial charge is 0.330 e. The van der Waals surface area contributed by atoms with E-state index < -0.39 is 0 Å². The lowest BCUT2D eigenvalue weighted by Crippen LogP contribution is -2.04. The molecule has 0 aliphatic rings. The van der Waals surface area contributed by atoms with Crippen molar-refractivity contribution in [3.05, 3.63) is 43.0 Å². The van der Waals surface area contributed by atoms with E-state index in [0.717, 1.165) is 22.3 Å². The molecule has 0 aliphatic carbocycles. The molecule has 2 N–H and O–H groups in total. The first kappa shape index (κ1) is 12.9. The van der Waals surface area contributed by atoms with Crippen molar-refractivity contribution in [1.29, 1.82) is 0 Å². The molecule has 94 valence electrons. The highest BCUT2D eigenvalue weighted by molar-refractivity contribution is 7.99. The summed E-state index contributed by atoms with van der Waals surface area (Å²) in [5, 5.41) is 9.37. The van der Waals surface area contributed by atoms with Gasteiger partial charge in [0, 0.05) is 24.4 Å². The van der Waals surface area contributed by atoms with E-state index in [1.165, 1.54) is 0 Å². The second kappa shape index (κ2) is 6.37. The van der Waals surface area contributed by atoms with Crippen molar-refractivity contribution >= 4 is 11.8 Å². The van der Waals surface area contributed by atoms with Crippen LogP contribution < -0.4 is 5.73 Å². The van der Waals surface area contributed by atoms with Crippen molar-refractivity contribution in [2.24, 2.45) is 5.73 Å². The highest BCUT2D eigenvalue weighted by Crippen LogP contribution is 2.23. The van der Waals surface area contributed by atoms with Crippen molar-refractivity contribution in [3.63, 3.8) is 0 Å². The van der Waals surface area contributed by atoms with Crippen molar-refractivity contribution in [2.45, 2.75) is 11.7 Å². The van der Waals surface area contributed by atoms with Gasteiger partial charge in [-0.25, -0.2) is 0 Å². The molecule has 1 heterocycles. The number of thioether (sulfide) groups is 1. The number of nitrogens with two attached hydrogens (primary N) is 1. The normalized spacial score (nSPS) is 10.5. The summed E-state index contributed by atoms with van der Waals surface area (Å²) in [4.78, 5) is 0. The van der Waals surface area contributed by atoms with E-state index in [9.17, 15) is 0 Å². The van der Waals surface area contributed by atoms with Crippen LogP contribution in [0.25, 0.3) is 11.4 Å². The van der Waals surface area contributed by atoms with E-state index in [1.807, 2.05) is 36.4 Å². The van der Waals surface area contributed by atoms with Crippen LogP contribution in [0.1, 0.15) is 0 Å². The summed E-state index contributed by atoms with van der Waals surface area (Å²) in [6, 6.07) is 10.0.